The molecule has 2 aromatic carbocycles. The number of aromatic amines is 2. The molecule has 44 heavy (non-hydrogen) atoms. The average molecular weight is 605 g/mol. The third kappa shape index (κ3) is 7.44. The molecule has 234 valence electrons. The van der Waals surface area contributed by atoms with E-state index in [9.17, 15) is 29.4 Å². The number of aliphatic hydroxyl groups is 1. The van der Waals surface area contributed by atoms with Crippen LogP contribution in [0.2, 0.25) is 0 Å². The second-order valence-electron chi connectivity index (χ2n) is 11.2. The third-order valence-electron chi connectivity index (χ3n) is 8.06. The van der Waals surface area contributed by atoms with E-state index in [1.807, 2.05) is 55.5 Å². The summed E-state index contributed by atoms with van der Waals surface area (Å²) in [5.74, 6) is -3.59. The van der Waals surface area contributed by atoms with Gasteiger partial charge in [0.15, 0.2) is 0 Å². The van der Waals surface area contributed by atoms with Gasteiger partial charge in [-0.15, -0.1) is 0 Å². The highest BCUT2D eigenvalue weighted by Gasteiger charge is 2.33. The van der Waals surface area contributed by atoms with Gasteiger partial charge in [0, 0.05) is 47.0 Å². The van der Waals surface area contributed by atoms with E-state index < -0.39 is 54.0 Å². The molecule has 4 aromatic rings. The van der Waals surface area contributed by atoms with Crippen molar-refractivity contribution in [3.05, 3.63) is 72.1 Å². The fourth-order valence-corrected chi connectivity index (χ4v) is 5.15. The Bertz CT molecular complexity index is 1630. The number of rotatable bonds is 14. The number of aliphatic hydroxyl groups excluding tert-OH is 1. The predicted molar refractivity (Wildman–Crippen MR) is 167 cm³/mol. The second-order valence-corrected chi connectivity index (χ2v) is 11.2. The van der Waals surface area contributed by atoms with Gasteiger partial charge in [-0.25, -0.2) is 4.79 Å². The Labute approximate surface area is 254 Å². The number of para-hydroxylation sites is 2. The van der Waals surface area contributed by atoms with E-state index in [0.717, 1.165) is 32.9 Å². The van der Waals surface area contributed by atoms with E-state index >= 15 is 0 Å². The number of carbonyl (C=O) groups excluding carboxylic acids is 3. The number of hydrogen-bond donors (Lipinski definition) is 8. The van der Waals surface area contributed by atoms with Crippen LogP contribution in [0.5, 0.6) is 0 Å². The van der Waals surface area contributed by atoms with Gasteiger partial charge < -0.3 is 41.9 Å². The average Bonchev–Trinajstić information content (AvgIpc) is 3.62. The molecule has 0 radical (unpaired) electrons. The Morgan fingerprint density at radius 3 is 1.77 bits per heavy atom. The zero-order valence-corrected chi connectivity index (χ0v) is 25.0. The van der Waals surface area contributed by atoms with Crippen molar-refractivity contribution in [2.24, 2.45) is 11.7 Å². The number of carboxylic acids is 1. The molecule has 12 heteroatoms. The smallest absolute Gasteiger partial charge is 0.326 e. The van der Waals surface area contributed by atoms with Crippen LogP contribution in [0.1, 0.15) is 38.3 Å². The fourth-order valence-electron chi connectivity index (χ4n) is 5.15. The van der Waals surface area contributed by atoms with E-state index in [-0.39, 0.29) is 18.8 Å². The fraction of sp³-hybridized carbons (Fsp3) is 0.375. The van der Waals surface area contributed by atoms with Gasteiger partial charge in [-0.2, -0.15) is 0 Å². The van der Waals surface area contributed by atoms with Crippen LogP contribution >= 0.6 is 0 Å². The lowest BCUT2D eigenvalue weighted by atomic mass is 9.96. The molecule has 2 heterocycles. The van der Waals surface area contributed by atoms with Crippen molar-refractivity contribution in [3.63, 3.8) is 0 Å². The molecule has 0 bridgehead atoms. The molecule has 2 aromatic heterocycles. The number of fused-ring (bicyclic) bond motifs is 2. The standard InChI is InChI=1S/C32H40N6O6/c1-4-17(2)28(38-30(41)27(33)18(3)39)31(42)36-25(13-19-15-34-23-11-7-5-9-21(19)23)29(40)37-26(32(43)44)14-20-16-35-24-12-8-6-10-22(20)24/h5-12,15-18,25-28,34-35,39H,4,13-14,33H2,1-3H3,(H,36,42)(H,37,40)(H,38,41)(H,43,44). The number of hydrogen-bond acceptors (Lipinski definition) is 6. The van der Waals surface area contributed by atoms with Crippen LogP contribution < -0.4 is 21.7 Å². The summed E-state index contributed by atoms with van der Waals surface area (Å²) < 4.78 is 0. The number of nitrogens with one attached hydrogen (secondary N) is 5. The number of amides is 3. The maximum absolute atomic E-state index is 13.8. The Balaban J connectivity index is 1.60. The van der Waals surface area contributed by atoms with Crippen molar-refractivity contribution in [2.45, 2.75) is 70.3 Å². The van der Waals surface area contributed by atoms with Gasteiger partial charge >= 0.3 is 5.97 Å². The number of nitrogens with two attached hydrogens (primary N) is 1. The molecule has 4 rings (SSSR count). The molecule has 0 saturated carbocycles. The first kappa shape index (κ1) is 32.2. The summed E-state index contributed by atoms with van der Waals surface area (Å²) in [5.41, 5.74) is 8.94. The molecule has 0 spiro atoms. The Kier molecular flexibility index (Phi) is 10.4. The number of carbonyl (C=O) groups is 4. The van der Waals surface area contributed by atoms with Gasteiger partial charge in [-0.05, 0) is 36.1 Å². The molecule has 6 atom stereocenters. The van der Waals surface area contributed by atoms with Crippen LogP contribution in [0, 0.1) is 5.92 Å². The maximum Gasteiger partial charge on any atom is 0.326 e. The van der Waals surface area contributed by atoms with Crippen LogP contribution in [-0.2, 0) is 32.0 Å². The molecule has 12 nitrogen and oxygen atoms in total. The van der Waals surface area contributed by atoms with Gasteiger partial charge in [-0.3, -0.25) is 14.4 Å². The first-order valence-electron chi connectivity index (χ1n) is 14.7. The van der Waals surface area contributed by atoms with Crippen LogP contribution in [0.4, 0.5) is 0 Å². The summed E-state index contributed by atoms with van der Waals surface area (Å²) in [6, 6.07) is 10.2. The Morgan fingerprint density at radius 1 is 0.773 bits per heavy atom. The largest absolute Gasteiger partial charge is 0.480 e. The van der Waals surface area contributed by atoms with E-state index in [0.29, 0.717) is 6.42 Å². The van der Waals surface area contributed by atoms with Crippen molar-refractivity contribution in [1.82, 2.24) is 25.9 Å². The number of benzene rings is 2. The van der Waals surface area contributed by atoms with Crippen molar-refractivity contribution in [3.8, 4) is 0 Å². The topological polar surface area (TPSA) is 202 Å². The highest BCUT2D eigenvalue weighted by Crippen LogP contribution is 2.21. The summed E-state index contributed by atoms with van der Waals surface area (Å²) in [6.45, 7) is 5.00. The molecular formula is C32H40N6O6. The molecule has 0 aliphatic rings. The summed E-state index contributed by atoms with van der Waals surface area (Å²) >= 11 is 0. The first-order valence-corrected chi connectivity index (χ1v) is 14.7. The summed E-state index contributed by atoms with van der Waals surface area (Å²) in [6.07, 6.45) is 2.91. The van der Waals surface area contributed by atoms with Gasteiger partial charge in [-0.1, -0.05) is 56.7 Å². The number of H-pyrrole nitrogens is 2. The number of aromatic nitrogens is 2. The zero-order valence-electron chi connectivity index (χ0n) is 25.0. The second kappa shape index (κ2) is 14.2. The SMILES string of the molecule is CCC(C)C(NC(=O)C(N)C(C)O)C(=O)NC(Cc1c[nH]c2ccccc12)C(=O)NC(Cc1c[nH]c2ccccc12)C(=O)O. The molecule has 9 N–H and O–H groups in total. The van der Waals surface area contributed by atoms with Crippen molar-refractivity contribution >= 4 is 45.5 Å². The van der Waals surface area contributed by atoms with E-state index in [2.05, 4.69) is 25.9 Å². The van der Waals surface area contributed by atoms with E-state index in [1.165, 1.54) is 6.92 Å². The lowest BCUT2D eigenvalue weighted by Crippen LogP contribution is -2.60. The highest BCUT2D eigenvalue weighted by atomic mass is 16.4. The maximum atomic E-state index is 13.8. The number of aliphatic carboxylic acids is 1. The van der Waals surface area contributed by atoms with Crippen LogP contribution in [0.25, 0.3) is 21.8 Å². The monoisotopic (exact) mass is 604 g/mol. The van der Waals surface area contributed by atoms with Crippen LogP contribution in [0.15, 0.2) is 60.9 Å². The molecule has 0 fully saturated rings. The van der Waals surface area contributed by atoms with Gasteiger partial charge in [0.2, 0.25) is 17.7 Å². The zero-order chi connectivity index (χ0) is 32.0. The lowest BCUT2D eigenvalue weighted by Gasteiger charge is -2.28. The Morgan fingerprint density at radius 2 is 1.27 bits per heavy atom. The third-order valence-corrected chi connectivity index (χ3v) is 8.06. The van der Waals surface area contributed by atoms with Gasteiger partial charge in [0.1, 0.15) is 24.2 Å². The minimum atomic E-state index is -1.28. The Hall–Kier alpha value is -4.68. The summed E-state index contributed by atoms with van der Waals surface area (Å²) in [7, 11) is 0. The first-order chi connectivity index (χ1) is 21.0. The molecule has 6 unspecified atom stereocenters. The molecule has 0 aliphatic carbocycles. The summed E-state index contributed by atoms with van der Waals surface area (Å²) in [5, 5.41) is 29.5. The molecule has 3 amide bonds. The summed E-state index contributed by atoms with van der Waals surface area (Å²) in [4.78, 5) is 58.7. The predicted octanol–water partition coefficient (Wildman–Crippen LogP) is 1.73. The number of carboxylic acid groups (broad SMARTS) is 1. The van der Waals surface area contributed by atoms with Crippen LogP contribution in [-0.4, -0.2) is 74.1 Å². The minimum Gasteiger partial charge on any atom is -0.480 e. The quantitative estimate of drug-likeness (QED) is 0.107. The molecule has 0 aliphatic heterocycles. The van der Waals surface area contributed by atoms with Crippen LogP contribution in [0.3, 0.4) is 0 Å². The van der Waals surface area contributed by atoms with Crippen molar-refractivity contribution < 1.29 is 29.4 Å². The van der Waals surface area contributed by atoms with Crippen molar-refractivity contribution in [2.75, 3.05) is 0 Å². The minimum absolute atomic E-state index is 0.0155. The normalized spacial score (nSPS) is 15.6. The lowest BCUT2D eigenvalue weighted by molar-refractivity contribution is -0.142. The molecular weight excluding hydrogens is 564 g/mol. The van der Waals surface area contributed by atoms with Gasteiger partial charge in [0.25, 0.3) is 0 Å². The molecule has 0 saturated heterocycles. The van der Waals surface area contributed by atoms with E-state index in [1.54, 1.807) is 19.3 Å². The van der Waals surface area contributed by atoms with Gasteiger partial charge in [0.05, 0.1) is 6.10 Å². The highest BCUT2D eigenvalue weighted by molar-refractivity contribution is 5.95. The van der Waals surface area contributed by atoms with Crippen molar-refractivity contribution in [1.29, 1.82) is 0 Å². The van der Waals surface area contributed by atoms with E-state index in [4.69, 9.17) is 5.73 Å².